The number of benzene rings is 2. The molecule has 1 atom stereocenters. The van der Waals surface area contributed by atoms with E-state index in [1.807, 2.05) is 66.0 Å². The number of carbonyl (C=O) groups is 1. The summed E-state index contributed by atoms with van der Waals surface area (Å²) in [7, 11) is 0. The van der Waals surface area contributed by atoms with Gasteiger partial charge in [-0.25, -0.2) is 0 Å². The highest BCUT2D eigenvalue weighted by Gasteiger charge is 2.18. The van der Waals surface area contributed by atoms with Crippen molar-refractivity contribution in [3.05, 3.63) is 81.0 Å². The molecule has 0 aliphatic heterocycles. The zero-order valence-electron chi connectivity index (χ0n) is 13.9. The molecule has 0 aliphatic carbocycles. The normalized spacial score (nSPS) is 11.9. The number of halogens is 1. The molecule has 0 saturated heterocycles. The molecule has 0 radical (unpaired) electrons. The Kier molecular flexibility index (Phi) is 6.44. The van der Waals surface area contributed by atoms with Crippen molar-refractivity contribution in [2.75, 3.05) is 0 Å². The average molecular weight is 432 g/mol. The van der Waals surface area contributed by atoms with Crippen molar-refractivity contribution >= 4 is 33.2 Å². The smallest absolute Gasteiger partial charge is 0.321 e. The van der Waals surface area contributed by atoms with Gasteiger partial charge < -0.3 is 9.84 Å². The highest BCUT2D eigenvalue weighted by Crippen LogP contribution is 2.24. The van der Waals surface area contributed by atoms with Crippen LogP contribution in [0.15, 0.2) is 70.5 Å². The minimum absolute atomic E-state index is 0.379. The molecular formula is C20H18BrNO3S. The maximum absolute atomic E-state index is 11.6. The van der Waals surface area contributed by atoms with E-state index in [1.54, 1.807) is 11.3 Å². The van der Waals surface area contributed by atoms with Gasteiger partial charge in [-0.3, -0.25) is 10.1 Å². The van der Waals surface area contributed by atoms with E-state index in [0.29, 0.717) is 18.7 Å². The lowest BCUT2D eigenvalue weighted by molar-refractivity contribution is -0.139. The summed E-state index contributed by atoms with van der Waals surface area (Å²) in [6.45, 7) is 0.509. The Labute approximate surface area is 164 Å². The fourth-order valence-corrected chi connectivity index (χ4v) is 3.95. The van der Waals surface area contributed by atoms with E-state index in [1.165, 1.54) is 0 Å². The van der Waals surface area contributed by atoms with E-state index in [-0.39, 0.29) is 0 Å². The van der Waals surface area contributed by atoms with Crippen molar-refractivity contribution in [1.29, 1.82) is 0 Å². The standard InChI is InChI=1S/C20H18BrNO3S/c21-17-9-10-26-19(17)13-22-18(20(23)24)12-14-5-4-8-16(11-14)25-15-6-2-1-3-7-15/h1-11,18,22H,12-13H2,(H,23,24). The topological polar surface area (TPSA) is 58.6 Å². The van der Waals surface area contributed by atoms with Crippen molar-refractivity contribution in [3.63, 3.8) is 0 Å². The third-order valence-electron chi connectivity index (χ3n) is 3.82. The largest absolute Gasteiger partial charge is 0.480 e. The number of aliphatic carboxylic acids is 1. The molecule has 1 aromatic heterocycles. The van der Waals surface area contributed by atoms with Crippen LogP contribution < -0.4 is 10.1 Å². The number of carboxylic acids is 1. The molecule has 3 rings (SSSR count). The number of rotatable bonds is 8. The molecule has 0 fully saturated rings. The zero-order valence-corrected chi connectivity index (χ0v) is 16.3. The van der Waals surface area contributed by atoms with Crippen molar-refractivity contribution in [2.45, 2.75) is 19.0 Å². The summed E-state index contributed by atoms with van der Waals surface area (Å²) in [5.41, 5.74) is 0.906. The number of nitrogens with one attached hydrogen (secondary N) is 1. The lowest BCUT2D eigenvalue weighted by Crippen LogP contribution is -2.37. The van der Waals surface area contributed by atoms with E-state index in [9.17, 15) is 9.90 Å². The molecule has 0 spiro atoms. The molecule has 1 unspecified atom stereocenters. The van der Waals surface area contributed by atoms with E-state index in [0.717, 1.165) is 20.7 Å². The minimum atomic E-state index is -0.868. The zero-order chi connectivity index (χ0) is 18.4. The Balaban J connectivity index is 1.66. The van der Waals surface area contributed by atoms with E-state index in [2.05, 4.69) is 21.2 Å². The Morgan fingerprint density at radius 1 is 1.12 bits per heavy atom. The first kappa shape index (κ1) is 18.6. The first-order chi connectivity index (χ1) is 12.6. The van der Waals surface area contributed by atoms with Crippen molar-refractivity contribution < 1.29 is 14.6 Å². The highest BCUT2D eigenvalue weighted by atomic mass is 79.9. The monoisotopic (exact) mass is 431 g/mol. The van der Waals surface area contributed by atoms with E-state index < -0.39 is 12.0 Å². The molecule has 0 saturated carbocycles. The van der Waals surface area contributed by atoms with Crippen LogP contribution in [0.2, 0.25) is 0 Å². The Bertz CT molecular complexity index is 866. The molecular weight excluding hydrogens is 414 g/mol. The molecule has 0 bridgehead atoms. The number of carboxylic acid groups (broad SMARTS) is 1. The maximum atomic E-state index is 11.6. The molecule has 6 heteroatoms. The van der Waals surface area contributed by atoms with Crippen LogP contribution in [-0.4, -0.2) is 17.1 Å². The van der Waals surface area contributed by atoms with Crippen LogP contribution in [0.25, 0.3) is 0 Å². The van der Waals surface area contributed by atoms with Crippen molar-refractivity contribution in [2.24, 2.45) is 0 Å². The van der Waals surface area contributed by atoms with Gasteiger partial charge in [0.2, 0.25) is 0 Å². The van der Waals surface area contributed by atoms with Gasteiger partial charge in [-0.05, 0) is 63.6 Å². The first-order valence-electron chi connectivity index (χ1n) is 8.12. The number of hydrogen-bond donors (Lipinski definition) is 2. The van der Waals surface area contributed by atoms with E-state index in [4.69, 9.17) is 4.74 Å². The minimum Gasteiger partial charge on any atom is -0.480 e. The van der Waals surface area contributed by atoms with Crippen molar-refractivity contribution in [3.8, 4) is 11.5 Å². The van der Waals surface area contributed by atoms with Crippen LogP contribution in [-0.2, 0) is 17.8 Å². The molecule has 26 heavy (non-hydrogen) atoms. The summed E-state index contributed by atoms with van der Waals surface area (Å²) in [6.07, 6.45) is 0.379. The summed E-state index contributed by atoms with van der Waals surface area (Å²) >= 11 is 5.06. The number of para-hydroxylation sites is 1. The third-order valence-corrected chi connectivity index (χ3v) is 5.74. The fraction of sp³-hybridized carbons (Fsp3) is 0.150. The molecule has 4 nitrogen and oxygen atoms in total. The Morgan fingerprint density at radius 3 is 2.58 bits per heavy atom. The summed E-state index contributed by atoms with van der Waals surface area (Å²) < 4.78 is 6.82. The summed E-state index contributed by atoms with van der Waals surface area (Å²) in [6, 6.07) is 18.3. The van der Waals surface area contributed by atoms with Gasteiger partial charge in [0, 0.05) is 15.9 Å². The highest BCUT2D eigenvalue weighted by molar-refractivity contribution is 9.10. The Morgan fingerprint density at radius 2 is 1.88 bits per heavy atom. The van der Waals surface area contributed by atoms with Gasteiger partial charge >= 0.3 is 5.97 Å². The SMILES string of the molecule is O=C(O)C(Cc1cccc(Oc2ccccc2)c1)NCc1sccc1Br. The predicted octanol–water partition coefficient (Wildman–Crippen LogP) is 5.09. The third kappa shape index (κ3) is 5.17. The van der Waals surface area contributed by atoms with Gasteiger partial charge in [-0.15, -0.1) is 11.3 Å². The van der Waals surface area contributed by atoms with Crippen LogP contribution in [0, 0.1) is 0 Å². The molecule has 3 aromatic rings. The second-order valence-corrected chi connectivity index (χ2v) is 7.59. The van der Waals surface area contributed by atoms with Gasteiger partial charge in [-0.1, -0.05) is 30.3 Å². The summed E-state index contributed by atoms with van der Waals surface area (Å²) in [5.74, 6) is 0.575. The molecule has 2 aromatic carbocycles. The maximum Gasteiger partial charge on any atom is 0.321 e. The van der Waals surface area contributed by atoms with Crippen LogP contribution in [0.3, 0.4) is 0 Å². The van der Waals surface area contributed by atoms with Gasteiger partial charge in [0.15, 0.2) is 0 Å². The summed E-state index contributed by atoms with van der Waals surface area (Å²) in [4.78, 5) is 12.7. The van der Waals surface area contributed by atoms with Crippen LogP contribution in [0.4, 0.5) is 0 Å². The van der Waals surface area contributed by atoms with E-state index >= 15 is 0 Å². The van der Waals surface area contributed by atoms with Gasteiger partial charge in [0.1, 0.15) is 17.5 Å². The number of thiophene rings is 1. The second kappa shape index (κ2) is 8.98. The van der Waals surface area contributed by atoms with Gasteiger partial charge in [0.05, 0.1) is 0 Å². The molecule has 2 N–H and O–H groups in total. The second-order valence-electron chi connectivity index (χ2n) is 5.73. The Hall–Kier alpha value is -2.15. The van der Waals surface area contributed by atoms with Crippen molar-refractivity contribution in [1.82, 2.24) is 5.32 Å². The lowest BCUT2D eigenvalue weighted by Gasteiger charge is -2.15. The fourth-order valence-electron chi connectivity index (χ4n) is 2.51. The lowest BCUT2D eigenvalue weighted by atomic mass is 10.1. The molecule has 134 valence electrons. The van der Waals surface area contributed by atoms with Gasteiger partial charge in [0.25, 0.3) is 0 Å². The van der Waals surface area contributed by atoms with Gasteiger partial charge in [-0.2, -0.15) is 0 Å². The van der Waals surface area contributed by atoms with Crippen LogP contribution in [0.1, 0.15) is 10.4 Å². The first-order valence-corrected chi connectivity index (χ1v) is 9.79. The molecule has 1 heterocycles. The quantitative estimate of drug-likeness (QED) is 0.521. The van der Waals surface area contributed by atoms with Crippen LogP contribution >= 0.6 is 27.3 Å². The summed E-state index contributed by atoms with van der Waals surface area (Å²) in [5, 5.41) is 14.6. The number of hydrogen-bond acceptors (Lipinski definition) is 4. The molecule has 0 aliphatic rings. The molecule has 0 amide bonds. The van der Waals surface area contributed by atoms with Crippen LogP contribution in [0.5, 0.6) is 11.5 Å². The predicted molar refractivity (Wildman–Crippen MR) is 107 cm³/mol. The number of ether oxygens (including phenoxy) is 1. The average Bonchev–Trinajstić information content (AvgIpc) is 3.04.